The number of nitrogens with zero attached hydrogens (tertiary/aromatic N) is 1. The minimum Gasteiger partial charge on any atom is -0.460 e. The molecule has 3 nitrogen and oxygen atoms in total. The first-order valence-electron chi connectivity index (χ1n) is 9.37. The second kappa shape index (κ2) is 8.43. The van der Waals surface area contributed by atoms with Gasteiger partial charge in [-0.05, 0) is 70.7 Å². The molecule has 0 amide bonds. The summed E-state index contributed by atoms with van der Waals surface area (Å²) in [6.07, 6.45) is 0. The third-order valence-electron chi connectivity index (χ3n) is 4.71. The van der Waals surface area contributed by atoms with E-state index in [4.69, 9.17) is 4.74 Å². The molecule has 0 fully saturated rings. The minimum atomic E-state index is -0.343. The van der Waals surface area contributed by atoms with Crippen LogP contribution in [0.15, 0.2) is 36.4 Å². The second-order valence-corrected chi connectivity index (χ2v) is 7.56. The van der Waals surface area contributed by atoms with E-state index < -0.39 is 0 Å². The fourth-order valence-electron chi connectivity index (χ4n) is 3.88. The highest BCUT2D eigenvalue weighted by Gasteiger charge is 2.19. The van der Waals surface area contributed by atoms with Crippen LogP contribution in [0, 0.1) is 41.5 Å². The summed E-state index contributed by atoms with van der Waals surface area (Å²) in [5.74, 6) is -0.343. The average molecular weight is 366 g/mol. The molecule has 2 aromatic rings. The molecule has 0 atom stereocenters. The molecule has 0 radical (unpaired) electrons. The van der Waals surface area contributed by atoms with Gasteiger partial charge in [-0.25, -0.2) is 4.79 Å². The smallest absolute Gasteiger partial charge is 0.333 e. The van der Waals surface area contributed by atoms with Crippen LogP contribution >= 0.6 is 0 Å². The van der Waals surface area contributed by atoms with Crippen molar-refractivity contribution in [2.24, 2.45) is 0 Å². The molecule has 0 saturated heterocycles. The van der Waals surface area contributed by atoms with Crippen molar-refractivity contribution in [1.29, 1.82) is 0 Å². The fraction of sp³-hybridized carbons (Fsp3) is 0.375. The summed E-state index contributed by atoms with van der Waals surface area (Å²) in [7, 11) is 0. The predicted molar refractivity (Wildman–Crippen MR) is 114 cm³/mol. The van der Waals surface area contributed by atoms with Crippen molar-refractivity contribution in [3.63, 3.8) is 0 Å². The first-order valence-corrected chi connectivity index (χ1v) is 9.37. The number of hydrogen-bond acceptors (Lipinski definition) is 3. The summed E-state index contributed by atoms with van der Waals surface area (Å²) < 4.78 is 5.40. The molecule has 27 heavy (non-hydrogen) atoms. The molecule has 0 spiro atoms. The lowest BCUT2D eigenvalue weighted by molar-refractivity contribution is -0.138. The van der Waals surface area contributed by atoms with Gasteiger partial charge in [0.05, 0.1) is 6.54 Å². The summed E-state index contributed by atoms with van der Waals surface area (Å²) >= 11 is 0. The molecule has 0 bridgehead atoms. The third-order valence-corrected chi connectivity index (χ3v) is 4.71. The zero-order valence-electron chi connectivity index (χ0n) is 17.7. The molecule has 0 saturated carbocycles. The summed E-state index contributed by atoms with van der Waals surface area (Å²) in [5, 5.41) is 0. The number of hydrogen-bond donors (Lipinski definition) is 0. The van der Waals surface area contributed by atoms with Gasteiger partial charge < -0.3 is 9.64 Å². The molecular weight excluding hydrogens is 334 g/mol. The van der Waals surface area contributed by atoms with Crippen molar-refractivity contribution in [2.75, 3.05) is 18.1 Å². The van der Waals surface area contributed by atoms with E-state index in [0.717, 1.165) is 0 Å². The van der Waals surface area contributed by atoms with Crippen molar-refractivity contribution in [1.82, 2.24) is 0 Å². The molecule has 2 rings (SSSR count). The maximum absolute atomic E-state index is 11.8. The standard InChI is InChI=1S/C24H31NO2/c1-15(2)24(26)27-10-9-25(22-18(5)11-16(3)12-19(22)6)23-20(7)13-17(4)14-21(23)8/h11-14H,1,9-10H2,2-8H3. The van der Waals surface area contributed by atoms with Crippen LogP contribution in [-0.4, -0.2) is 19.1 Å². The van der Waals surface area contributed by atoms with Crippen LogP contribution < -0.4 is 4.90 Å². The summed E-state index contributed by atoms with van der Waals surface area (Å²) in [6.45, 7) is 19.0. The molecule has 0 aliphatic heterocycles. The number of ether oxygens (including phenoxy) is 1. The number of carbonyl (C=O) groups excluding carboxylic acids is 1. The zero-order chi connectivity index (χ0) is 20.3. The number of anilines is 2. The van der Waals surface area contributed by atoms with Crippen molar-refractivity contribution in [3.8, 4) is 0 Å². The van der Waals surface area contributed by atoms with Gasteiger partial charge in [-0.1, -0.05) is 42.0 Å². The normalized spacial score (nSPS) is 10.6. The minimum absolute atomic E-state index is 0.311. The summed E-state index contributed by atoms with van der Waals surface area (Å²) in [6, 6.07) is 8.81. The van der Waals surface area contributed by atoms with Crippen LogP contribution in [0.1, 0.15) is 40.3 Å². The van der Waals surface area contributed by atoms with E-state index in [1.807, 2.05) is 0 Å². The molecule has 0 N–H and O–H groups in total. The fourth-order valence-corrected chi connectivity index (χ4v) is 3.88. The SMILES string of the molecule is C=C(C)C(=O)OCCN(c1c(C)cc(C)cc1C)c1c(C)cc(C)cc1C. The van der Waals surface area contributed by atoms with E-state index in [9.17, 15) is 4.79 Å². The van der Waals surface area contributed by atoms with Crippen LogP contribution in [0.25, 0.3) is 0 Å². The van der Waals surface area contributed by atoms with Gasteiger partial charge in [0.25, 0.3) is 0 Å². The highest BCUT2D eigenvalue weighted by Crippen LogP contribution is 2.36. The Morgan fingerprint density at radius 2 is 1.22 bits per heavy atom. The Bertz CT molecular complexity index is 776. The molecule has 0 aliphatic carbocycles. The van der Waals surface area contributed by atoms with Crippen LogP contribution in [-0.2, 0) is 9.53 Å². The van der Waals surface area contributed by atoms with E-state index >= 15 is 0 Å². The van der Waals surface area contributed by atoms with Gasteiger partial charge in [-0.3, -0.25) is 0 Å². The first kappa shape index (κ1) is 20.8. The Balaban J connectivity index is 2.50. The molecular formula is C24H31NO2. The van der Waals surface area contributed by atoms with Crippen molar-refractivity contribution < 1.29 is 9.53 Å². The van der Waals surface area contributed by atoms with Crippen LogP contribution in [0.3, 0.4) is 0 Å². The van der Waals surface area contributed by atoms with E-state index in [-0.39, 0.29) is 5.97 Å². The lowest BCUT2D eigenvalue weighted by Gasteiger charge is -2.31. The molecule has 0 aliphatic rings. The van der Waals surface area contributed by atoms with Gasteiger partial charge in [0.1, 0.15) is 6.61 Å². The zero-order valence-corrected chi connectivity index (χ0v) is 17.7. The van der Waals surface area contributed by atoms with Crippen LogP contribution in [0.4, 0.5) is 11.4 Å². The van der Waals surface area contributed by atoms with E-state index in [1.165, 1.54) is 44.8 Å². The number of carbonyl (C=O) groups is 1. The Labute approximate surface area is 163 Å². The molecule has 144 valence electrons. The molecule has 0 aromatic heterocycles. The van der Waals surface area contributed by atoms with Gasteiger partial charge in [0.2, 0.25) is 0 Å². The summed E-state index contributed by atoms with van der Waals surface area (Å²) in [4.78, 5) is 14.1. The van der Waals surface area contributed by atoms with Crippen LogP contribution in [0.2, 0.25) is 0 Å². The molecule has 2 aromatic carbocycles. The van der Waals surface area contributed by atoms with E-state index in [0.29, 0.717) is 18.7 Å². The van der Waals surface area contributed by atoms with E-state index in [1.54, 1.807) is 6.92 Å². The molecule has 0 unspecified atom stereocenters. The lowest BCUT2D eigenvalue weighted by atomic mass is 9.99. The molecule has 3 heteroatoms. The third kappa shape index (κ3) is 4.79. The maximum atomic E-state index is 11.8. The van der Waals surface area contributed by atoms with Gasteiger partial charge in [-0.2, -0.15) is 0 Å². The van der Waals surface area contributed by atoms with E-state index in [2.05, 4.69) is 77.3 Å². The number of esters is 1. The Morgan fingerprint density at radius 3 is 1.56 bits per heavy atom. The highest BCUT2D eigenvalue weighted by molar-refractivity contribution is 5.87. The Kier molecular flexibility index (Phi) is 6.48. The average Bonchev–Trinajstić information content (AvgIpc) is 2.52. The second-order valence-electron chi connectivity index (χ2n) is 7.56. The predicted octanol–water partition coefficient (Wildman–Crippen LogP) is 5.79. The monoisotopic (exact) mass is 365 g/mol. The largest absolute Gasteiger partial charge is 0.460 e. The summed E-state index contributed by atoms with van der Waals surface area (Å²) in [5.41, 5.74) is 10.2. The number of aryl methyl sites for hydroxylation is 6. The quantitative estimate of drug-likeness (QED) is 0.479. The lowest BCUT2D eigenvalue weighted by Crippen LogP contribution is -2.26. The van der Waals surface area contributed by atoms with Gasteiger partial charge in [-0.15, -0.1) is 0 Å². The first-order chi connectivity index (χ1) is 12.6. The Hall–Kier alpha value is -2.55. The number of rotatable bonds is 6. The van der Waals surface area contributed by atoms with Gasteiger partial charge in [0, 0.05) is 16.9 Å². The van der Waals surface area contributed by atoms with Crippen LogP contribution in [0.5, 0.6) is 0 Å². The van der Waals surface area contributed by atoms with Gasteiger partial charge in [0.15, 0.2) is 0 Å². The highest BCUT2D eigenvalue weighted by atomic mass is 16.5. The van der Waals surface area contributed by atoms with Crippen molar-refractivity contribution >= 4 is 17.3 Å². The number of benzene rings is 2. The van der Waals surface area contributed by atoms with Gasteiger partial charge >= 0.3 is 5.97 Å². The van der Waals surface area contributed by atoms with Crippen molar-refractivity contribution in [3.05, 3.63) is 69.8 Å². The topological polar surface area (TPSA) is 29.5 Å². The maximum Gasteiger partial charge on any atom is 0.333 e. The molecule has 0 heterocycles. The van der Waals surface area contributed by atoms with Crippen molar-refractivity contribution in [2.45, 2.75) is 48.5 Å². The Morgan fingerprint density at radius 1 is 0.852 bits per heavy atom.